The third-order valence-electron chi connectivity index (χ3n) is 2.05. The molecule has 1 aromatic carbocycles. The molecule has 72 valence electrons. The lowest BCUT2D eigenvalue weighted by Gasteiger charge is -2.01. The Kier molecular flexibility index (Phi) is 2.17. The number of benzene rings is 1. The van der Waals surface area contributed by atoms with E-state index in [-0.39, 0.29) is 0 Å². The Hall–Kier alpha value is -1.48. The van der Waals surface area contributed by atoms with Crippen molar-refractivity contribution in [3.05, 3.63) is 35.9 Å². The number of nitrogens with zero attached hydrogens (tertiary/aromatic N) is 2. The number of rotatable bonds is 2. The first-order valence-electron chi connectivity index (χ1n) is 4.24. The molecule has 0 amide bonds. The van der Waals surface area contributed by atoms with Crippen LogP contribution in [0, 0.1) is 0 Å². The zero-order chi connectivity index (χ0) is 10.1. The average molecular weight is 208 g/mol. The molecule has 4 heteroatoms. The second-order valence-electron chi connectivity index (χ2n) is 3.00. The van der Waals surface area contributed by atoms with E-state index in [1.165, 1.54) is 0 Å². The third-order valence-corrected chi connectivity index (χ3v) is 2.29. The van der Waals surface area contributed by atoms with Gasteiger partial charge in [0, 0.05) is 11.6 Å². The number of halogens is 1. The zero-order valence-corrected chi connectivity index (χ0v) is 8.33. The van der Waals surface area contributed by atoms with Crippen molar-refractivity contribution >= 4 is 28.6 Å². The highest BCUT2D eigenvalue weighted by molar-refractivity contribution is 6.31. The number of anilines is 1. The molecule has 0 saturated heterocycles. The van der Waals surface area contributed by atoms with Crippen LogP contribution in [0.3, 0.4) is 0 Å². The molecule has 0 aliphatic carbocycles. The highest BCUT2D eigenvalue weighted by Gasteiger charge is 2.06. The van der Waals surface area contributed by atoms with E-state index in [1.807, 2.05) is 16.7 Å². The molecule has 0 radical (unpaired) electrons. The first kappa shape index (κ1) is 9.09. The number of imidazole rings is 1. The molecule has 14 heavy (non-hydrogen) atoms. The maximum Gasteiger partial charge on any atom is 0.201 e. The Morgan fingerprint density at radius 2 is 2.36 bits per heavy atom. The zero-order valence-electron chi connectivity index (χ0n) is 7.57. The molecule has 0 saturated carbocycles. The summed E-state index contributed by atoms with van der Waals surface area (Å²) in [6, 6.07) is 5.53. The number of allylic oxidation sites excluding steroid dienone is 1. The smallest absolute Gasteiger partial charge is 0.201 e. The molecule has 0 unspecified atom stereocenters. The molecule has 0 aliphatic rings. The number of fused-ring (bicyclic) bond motifs is 1. The molecule has 2 N–H and O–H groups in total. The van der Waals surface area contributed by atoms with Crippen molar-refractivity contribution in [3.63, 3.8) is 0 Å². The lowest BCUT2D eigenvalue weighted by Crippen LogP contribution is -2.00. The monoisotopic (exact) mass is 207 g/mol. The van der Waals surface area contributed by atoms with E-state index in [2.05, 4.69) is 11.6 Å². The molecular weight excluding hydrogens is 198 g/mol. The molecule has 0 aliphatic heterocycles. The van der Waals surface area contributed by atoms with E-state index < -0.39 is 0 Å². The van der Waals surface area contributed by atoms with Crippen LogP contribution >= 0.6 is 11.6 Å². The van der Waals surface area contributed by atoms with E-state index in [1.54, 1.807) is 12.1 Å². The Labute approximate surface area is 86.8 Å². The van der Waals surface area contributed by atoms with E-state index >= 15 is 0 Å². The minimum absolute atomic E-state index is 0.488. The fraction of sp³-hybridized carbons (Fsp3) is 0.100. The van der Waals surface area contributed by atoms with E-state index in [0.717, 1.165) is 11.0 Å². The Morgan fingerprint density at radius 1 is 1.57 bits per heavy atom. The van der Waals surface area contributed by atoms with Crippen molar-refractivity contribution in [1.82, 2.24) is 9.55 Å². The first-order valence-corrected chi connectivity index (χ1v) is 4.62. The number of nitrogen functional groups attached to an aromatic ring is 1. The van der Waals surface area contributed by atoms with Gasteiger partial charge in [0.2, 0.25) is 5.95 Å². The van der Waals surface area contributed by atoms with Gasteiger partial charge in [0.05, 0.1) is 11.0 Å². The molecule has 2 aromatic rings. The van der Waals surface area contributed by atoms with Crippen LogP contribution in [0.4, 0.5) is 5.95 Å². The van der Waals surface area contributed by atoms with Crippen LogP contribution in [0.15, 0.2) is 30.9 Å². The molecule has 1 heterocycles. The van der Waals surface area contributed by atoms with Crippen LogP contribution in [0.1, 0.15) is 0 Å². The predicted octanol–water partition coefficient (Wildman–Crippen LogP) is 2.46. The molecule has 0 fully saturated rings. The third kappa shape index (κ3) is 1.36. The van der Waals surface area contributed by atoms with Gasteiger partial charge in [0.25, 0.3) is 0 Å². The van der Waals surface area contributed by atoms with Crippen molar-refractivity contribution in [2.75, 3.05) is 5.73 Å². The molecule has 1 aromatic heterocycles. The molecule has 0 bridgehead atoms. The summed E-state index contributed by atoms with van der Waals surface area (Å²) in [5.74, 6) is 0.488. The summed E-state index contributed by atoms with van der Waals surface area (Å²) < 4.78 is 1.89. The summed E-state index contributed by atoms with van der Waals surface area (Å²) in [5, 5.41) is 0.667. The summed E-state index contributed by atoms with van der Waals surface area (Å²) in [6.45, 7) is 4.33. The number of hydrogen-bond donors (Lipinski definition) is 1. The maximum absolute atomic E-state index is 5.85. The lowest BCUT2D eigenvalue weighted by molar-refractivity contribution is 0.866. The normalized spacial score (nSPS) is 10.6. The maximum atomic E-state index is 5.85. The van der Waals surface area contributed by atoms with Crippen molar-refractivity contribution in [2.45, 2.75) is 6.54 Å². The summed E-state index contributed by atoms with van der Waals surface area (Å²) in [5.41, 5.74) is 7.55. The fourth-order valence-corrected chi connectivity index (χ4v) is 1.61. The van der Waals surface area contributed by atoms with Gasteiger partial charge in [-0.2, -0.15) is 0 Å². The number of nitrogens with two attached hydrogens (primary N) is 1. The van der Waals surface area contributed by atoms with Gasteiger partial charge in [0.15, 0.2) is 0 Å². The molecule has 0 spiro atoms. The average Bonchev–Trinajstić information content (AvgIpc) is 2.43. The van der Waals surface area contributed by atoms with E-state index in [4.69, 9.17) is 17.3 Å². The second kappa shape index (κ2) is 3.35. The van der Waals surface area contributed by atoms with E-state index in [9.17, 15) is 0 Å². The standard InChI is InChI=1S/C10H10ClN3/c1-2-5-14-9-4-3-7(11)6-8(9)13-10(14)12/h2-4,6H,1,5H2,(H2,12,13). The summed E-state index contributed by atoms with van der Waals surface area (Å²) in [4.78, 5) is 4.20. The molecule has 2 rings (SSSR count). The van der Waals surface area contributed by atoms with Crippen LogP contribution in [0.5, 0.6) is 0 Å². The van der Waals surface area contributed by atoms with Gasteiger partial charge >= 0.3 is 0 Å². The topological polar surface area (TPSA) is 43.8 Å². The lowest BCUT2D eigenvalue weighted by atomic mass is 10.3. The van der Waals surface area contributed by atoms with Crippen molar-refractivity contribution < 1.29 is 0 Å². The van der Waals surface area contributed by atoms with Gasteiger partial charge in [-0.3, -0.25) is 0 Å². The van der Waals surface area contributed by atoms with Crippen molar-refractivity contribution in [2.24, 2.45) is 0 Å². The SMILES string of the molecule is C=CCn1c(N)nc2cc(Cl)ccc21. The fourth-order valence-electron chi connectivity index (χ4n) is 1.44. The second-order valence-corrected chi connectivity index (χ2v) is 3.44. The molecular formula is C10H10ClN3. The minimum atomic E-state index is 0.488. The molecule has 0 atom stereocenters. The quantitative estimate of drug-likeness (QED) is 0.769. The largest absolute Gasteiger partial charge is 0.369 e. The number of aromatic nitrogens is 2. The highest BCUT2D eigenvalue weighted by atomic mass is 35.5. The van der Waals surface area contributed by atoms with Gasteiger partial charge in [-0.1, -0.05) is 17.7 Å². The summed E-state index contributed by atoms with van der Waals surface area (Å²) in [7, 11) is 0. The highest BCUT2D eigenvalue weighted by Crippen LogP contribution is 2.21. The van der Waals surface area contributed by atoms with Crippen LogP contribution in [0.25, 0.3) is 11.0 Å². The number of hydrogen-bond acceptors (Lipinski definition) is 2. The van der Waals surface area contributed by atoms with E-state index in [0.29, 0.717) is 17.5 Å². The van der Waals surface area contributed by atoms with Crippen LogP contribution in [-0.2, 0) is 6.54 Å². The Bertz CT molecular complexity index is 487. The van der Waals surface area contributed by atoms with Gasteiger partial charge in [-0.15, -0.1) is 6.58 Å². The van der Waals surface area contributed by atoms with Crippen molar-refractivity contribution in [1.29, 1.82) is 0 Å². The Morgan fingerprint density at radius 3 is 3.07 bits per heavy atom. The minimum Gasteiger partial charge on any atom is -0.369 e. The summed E-state index contributed by atoms with van der Waals surface area (Å²) in [6.07, 6.45) is 1.78. The van der Waals surface area contributed by atoms with Crippen molar-refractivity contribution in [3.8, 4) is 0 Å². The van der Waals surface area contributed by atoms with Crippen LogP contribution < -0.4 is 5.73 Å². The van der Waals surface area contributed by atoms with Gasteiger partial charge in [0.1, 0.15) is 0 Å². The molecule has 3 nitrogen and oxygen atoms in total. The Balaban J connectivity index is 2.70. The first-order chi connectivity index (χ1) is 6.72. The predicted molar refractivity (Wildman–Crippen MR) is 59.4 cm³/mol. The van der Waals surface area contributed by atoms with Crippen LogP contribution in [0.2, 0.25) is 5.02 Å². The van der Waals surface area contributed by atoms with Gasteiger partial charge in [-0.25, -0.2) is 4.98 Å². The summed E-state index contributed by atoms with van der Waals surface area (Å²) >= 11 is 5.85. The van der Waals surface area contributed by atoms with Crippen LogP contribution in [-0.4, -0.2) is 9.55 Å². The van der Waals surface area contributed by atoms with Gasteiger partial charge < -0.3 is 10.3 Å². The van der Waals surface area contributed by atoms with Gasteiger partial charge in [-0.05, 0) is 18.2 Å².